The molecular weight excluding hydrogens is 254 g/mol. The van der Waals surface area contributed by atoms with Gasteiger partial charge in [0.1, 0.15) is 5.69 Å². The van der Waals surface area contributed by atoms with Gasteiger partial charge in [0.2, 0.25) is 17.5 Å². The van der Waals surface area contributed by atoms with Gasteiger partial charge in [-0.15, -0.1) is 0 Å². The summed E-state index contributed by atoms with van der Waals surface area (Å²) in [6.45, 7) is 1.58. The Morgan fingerprint density at radius 3 is 2.17 bits per heavy atom. The summed E-state index contributed by atoms with van der Waals surface area (Å²) in [7, 11) is 0. The Morgan fingerprint density at radius 2 is 1.72 bits per heavy atom. The predicted molar refractivity (Wildman–Crippen MR) is 53.7 cm³/mol. The van der Waals surface area contributed by atoms with E-state index in [9.17, 15) is 22.4 Å². The Balaban J connectivity index is 2.44. The molecule has 0 unspecified atom stereocenters. The number of likely N-dealkylation sites (N-methyl/N-ethyl adjacent to an activating group) is 1. The molecule has 8 heteroatoms. The number of nitrogens with zero attached hydrogens (tertiary/aromatic N) is 3. The highest BCUT2D eigenvalue weighted by Gasteiger charge is 2.33. The van der Waals surface area contributed by atoms with E-state index in [-0.39, 0.29) is 19.1 Å². The molecule has 1 amide bonds. The molecule has 0 aliphatic carbocycles. The second kappa shape index (κ2) is 4.43. The molecule has 4 nitrogen and oxygen atoms in total. The van der Waals surface area contributed by atoms with Gasteiger partial charge in [-0.05, 0) is 6.92 Å². The lowest BCUT2D eigenvalue weighted by atomic mass is 10.3. The molecule has 1 aliphatic heterocycles. The first-order valence-corrected chi connectivity index (χ1v) is 5.18. The van der Waals surface area contributed by atoms with Gasteiger partial charge in [-0.3, -0.25) is 4.79 Å². The summed E-state index contributed by atoms with van der Waals surface area (Å²) < 4.78 is 52.7. The molecule has 1 saturated heterocycles. The van der Waals surface area contributed by atoms with Crippen LogP contribution < -0.4 is 4.90 Å². The van der Waals surface area contributed by atoms with Crippen molar-refractivity contribution in [3.05, 3.63) is 23.5 Å². The summed E-state index contributed by atoms with van der Waals surface area (Å²) in [5.74, 6) is -7.02. The average molecular weight is 263 g/mol. The molecule has 0 N–H and O–H groups in total. The van der Waals surface area contributed by atoms with E-state index in [1.165, 1.54) is 4.90 Å². The summed E-state index contributed by atoms with van der Waals surface area (Å²) in [6.07, 6.45) is 0. The summed E-state index contributed by atoms with van der Waals surface area (Å²) in [5, 5.41) is 0. The molecule has 0 radical (unpaired) electrons. The van der Waals surface area contributed by atoms with E-state index in [0.717, 1.165) is 4.90 Å². The maximum atomic E-state index is 13.4. The summed E-state index contributed by atoms with van der Waals surface area (Å²) in [5.41, 5.74) is -0.899. The number of carbonyl (C=O) groups excluding carboxylic acids is 1. The Hall–Kier alpha value is -1.86. The highest BCUT2D eigenvalue weighted by Crippen LogP contribution is 2.28. The van der Waals surface area contributed by atoms with Gasteiger partial charge in [0, 0.05) is 6.54 Å². The number of amides is 1. The van der Waals surface area contributed by atoms with E-state index in [2.05, 4.69) is 4.98 Å². The SMILES string of the molecule is CCN1CN(c2c(F)c(F)nc(F)c2F)CC1=O. The minimum atomic E-state index is -1.73. The van der Waals surface area contributed by atoms with Crippen molar-refractivity contribution in [2.45, 2.75) is 6.92 Å². The molecule has 1 aromatic heterocycles. The topological polar surface area (TPSA) is 36.4 Å². The predicted octanol–water partition coefficient (Wildman–Crippen LogP) is 1.26. The van der Waals surface area contributed by atoms with Crippen molar-refractivity contribution in [3.63, 3.8) is 0 Å². The molecule has 98 valence electrons. The zero-order valence-electron chi connectivity index (χ0n) is 9.38. The second-order valence-corrected chi connectivity index (χ2v) is 3.76. The quantitative estimate of drug-likeness (QED) is 0.595. The number of aromatic nitrogens is 1. The van der Waals surface area contributed by atoms with Crippen LogP contribution in [0, 0.1) is 23.5 Å². The molecule has 2 rings (SSSR count). The first-order chi connectivity index (χ1) is 8.45. The smallest absolute Gasteiger partial charge is 0.253 e. The minimum Gasteiger partial charge on any atom is -0.339 e. The van der Waals surface area contributed by atoms with Gasteiger partial charge in [-0.25, -0.2) is 0 Å². The third kappa shape index (κ3) is 1.87. The third-order valence-electron chi connectivity index (χ3n) is 2.69. The van der Waals surface area contributed by atoms with Crippen LogP contribution in [0.25, 0.3) is 0 Å². The number of hydrogen-bond donors (Lipinski definition) is 0. The zero-order chi connectivity index (χ0) is 13.4. The fourth-order valence-corrected chi connectivity index (χ4v) is 1.78. The van der Waals surface area contributed by atoms with Crippen LogP contribution in [0.1, 0.15) is 6.92 Å². The van der Waals surface area contributed by atoms with E-state index in [0.29, 0.717) is 6.54 Å². The molecule has 0 spiro atoms. The molecular formula is C10H9F4N3O. The Morgan fingerprint density at radius 1 is 1.17 bits per heavy atom. The molecule has 2 heterocycles. The van der Waals surface area contributed by atoms with Crippen molar-refractivity contribution in [1.82, 2.24) is 9.88 Å². The number of pyridine rings is 1. The van der Waals surface area contributed by atoms with Crippen LogP contribution in [0.2, 0.25) is 0 Å². The van der Waals surface area contributed by atoms with E-state index >= 15 is 0 Å². The fraction of sp³-hybridized carbons (Fsp3) is 0.400. The van der Waals surface area contributed by atoms with Crippen LogP contribution in [0.4, 0.5) is 23.2 Å². The van der Waals surface area contributed by atoms with Gasteiger partial charge < -0.3 is 9.80 Å². The highest BCUT2D eigenvalue weighted by molar-refractivity contribution is 5.84. The maximum absolute atomic E-state index is 13.4. The van der Waals surface area contributed by atoms with Gasteiger partial charge in [0.15, 0.2) is 0 Å². The van der Waals surface area contributed by atoms with Crippen LogP contribution in [0.15, 0.2) is 0 Å². The summed E-state index contributed by atoms with van der Waals surface area (Å²) >= 11 is 0. The lowest BCUT2D eigenvalue weighted by Gasteiger charge is -2.19. The van der Waals surface area contributed by atoms with Gasteiger partial charge in [-0.2, -0.15) is 22.5 Å². The molecule has 0 bridgehead atoms. The Bertz CT molecular complexity index is 482. The normalized spacial score (nSPS) is 15.7. The number of halogens is 4. The first-order valence-electron chi connectivity index (χ1n) is 5.18. The highest BCUT2D eigenvalue weighted by atomic mass is 19.2. The number of rotatable bonds is 2. The molecule has 0 saturated carbocycles. The largest absolute Gasteiger partial charge is 0.339 e. The van der Waals surface area contributed by atoms with Crippen LogP contribution in [0.3, 0.4) is 0 Å². The van der Waals surface area contributed by atoms with E-state index in [1.807, 2.05) is 0 Å². The van der Waals surface area contributed by atoms with Gasteiger partial charge in [0.05, 0.1) is 13.2 Å². The second-order valence-electron chi connectivity index (χ2n) is 3.76. The van der Waals surface area contributed by atoms with E-state index in [1.54, 1.807) is 6.92 Å². The van der Waals surface area contributed by atoms with Crippen molar-refractivity contribution in [2.75, 3.05) is 24.7 Å². The van der Waals surface area contributed by atoms with Crippen molar-refractivity contribution >= 4 is 11.6 Å². The van der Waals surface area contributed by atoms with Crippen molar-refractivity contribution in [2.24, 2.45) is 0 Å². The van der Waals surface area contributed by atoms with Gasteiger partial charge in [-0.1, -0.05) is 0 Å². The van der Waals surface area contributed by atoms with E-state index < -0.39 is 29.2 Å². The van der Waals surface area contributed by atoms with Crippen molar-refractivity contribution in [1.29, 1.82) is 0 Å². The van der Waals surface area contributed by atoms with E-state index in [4.69, 9.17) is 0 Å². The maximum Gasteiger partial charge on any atom is 0.253 e. The van der Waals surface area contributed by atoms with Gasteiger partial charge in [0.25, 0.3) is 11.9 Å². The first kappa shape index (κ1) is 12.6. The molecule has 0 atom stereocenters. The number of anilines is 1. The fourth-order valence-electron chi connectivity index (χ4n) is 1.78. The van der Waals surface area contributed by atoms with Crippen molar-refractivity contribution < 1.29 is 22.4 Å². The van der Waals surface area contributed by atoms with Crippen LogP contribution in [-0.2, 0) is 4.79 Å². The molecule has 1 aromatic rings. The lowest BCUT2D eigenvalue weighted by Crippen LogP contribution is -2.28. The van der Waals surface area contributed by atoms with Gasteiger partial charge >= 0.3 is 0 Å². The molecule has 18 heavy (non-hydrogen) atoms. The lowest BCUT2D eigenvalue weighted by molar-refractivity contribution is -0.126. The molecule has 1 aliphatic rings. The number of hydrogen-bond acceptors (Lipinski definition) is 3. The van der Waals surface area contributed by atoms with Crippen LogP contribution in [0.5, 0.6) is 0 Å². The monoisotopic (exact) mass is 263 g/mol. The minimum absolute atomic E-state index is 0.119. The van der Waals surface area contributed by atoms with Crippen LogP contribution in [-0.4, -0.2) is 35.5 Å². The molecule has 0 aromatic carbocycles. The third-order valence-corrected chi connectivity index (χ3v) is 2.69. The number of carbonyl (C=O) groups is 1. The zero-order valence-corrected chi connectivity index (χ0v) is 9.38. The van der Waals surface area contributed by atoms with Crippen LogP contribution >= 0.6 is 0 Å². The molecule has 1 fully saturated rings. The average Bonchev–Trinajstić information content (AvgIpc) is 2.68. The summed E-state index contributed by atoms with van der Waals surface area (Å²) in [4.78, 5) is 16.1. The Labute approximate surface area is 99.8 Å². The Kier molecular flexibility index (Phi) is 3.10. The summed E-state index contributed by atoms with van der Waals surface area (Å²) in [6, 6.07) is 0. The standard InChI is InChI=1S/C10H9F4N3O/c1-2-16-4-17(3-5(16)18)8-6(11)9(13)15-10(14)7(8)12/h2-4H2,1H3. The van der Waals surface area contributed by atoms with Crippen molar-refractivity contribution in [3.8, 4) is 0 Å².